The summed E-state index contributed by atoms with van der Waals surface area (Å²) in [6.07, 6.45) is 0. The quantitative estimate of drug-likeness (QED) is 0.452. The van der Waals surface area contributed by atoms with Gasteiger partial charge in [-0.3, -0.25) is 4.79 Å². The van der Waals surface area contributed by atoms with Crippen molar-refractivity contribution < 1.29 is 14.3 Å². The number of hydrogen-bond acceptors (Lipinski definition) is 5. The van der Waals surface area contributed by atoms with E-state index in [9.17, 15) is 4.79 Å². The highest BCUT2D eigenvalue weighted by Gasteiger charge is 2.06. The molecule has 1 aromatic rings. The fourth-order valence-corrected chi connectivity index (χ4v) is 1.48. The molecule has 5 heteroatoms. The summed E-state index contributed by atoms with van der Waals surface area (Å²) in [6, 6.07) is 5.28. The maximum absolute atomic E-state index is 11.5. The normalized spacial score (nSPS) is 8.11. The summed E-state index contributed by atoms with van der Waals surface area (Å²) in [5, 5.41) is 6.00. The highest BCUT2D eigenvalue weighted by molar-refractivity contribution is 5.94. The first kappa shape index (κ1) is 33.0. The van der Waals surface area contributed by atoms with E-state index in [1.54, 1.807) is 18.2 Å². The summed E-state index contributed by atoms with van der Waals surface area (Å²) in [7, 11) is 3.73. The standard InChI is InChI=1S/C14H22N2O3.4C2H6/c1-11(17)12-8-13(18-6-4-15-2)10-14(9-12)19-7-5-16-3;4*1-2/h8-10,15-16H,4-7H2,1-3H3;4*1-2H3. The van der Waals surface area contributed by atoms with Crippen LogP contribution < -0.4 is 20.1 Å². The lowest BCUT2D eigenvalue weighted by molar-refractivity contribution is 0.101. The molecule has 0 aliphatic rings. The number of carbonyl (C=O) groups is 1. The van der Waals surface area contributed by atoms with Gasteiger partial charge in [0, 0.05) is 24.7 Å². The molecule has 0 heterocycles. The van der Waals surface area contributed by atoms with Crippen LogP contribution in [0, 0.1) is 0 Å². The molecule has 0 aliphatic heterocycles. The van der Waals surface area contributed by atoms with Gasteiger partial charge in [0.1, 0.15) is 24.7 Å². The second-order valence-corrected chi connectivity index (χ2v) is 4.15. The second kappa shape index (κ2) is 29.2. The van der Waals surface area contributed by atoms with Crippen LogP contribution in [0.15, 0.2) is 18.2 Å². The van der Waals surface area contributed by atoms with E-state index in [0.717, 1.165) is 13.1 Å². The van der Waals surface area contributed by atoms with Crippen molar-refractivity contribution in [2.75, 3.05) is 40.4 Å². The predicted octanol–water partition coefficient (Wildman–Crippen LogP) is 5.19. The van der Waals surface area contributed by atoms with E-state index in [4.69, 9.17) is 9.47 Å². The van der Waals surface area contributed by atoms with E-state index >= 15 is 0 Å². The third-order valence-corrected chi connectivity index (χ3v) is 2.53. The van der Waals surface area contributed by atoms with Crippen LogP contribution in [0.3, 0.4) is 0 Å². The number of Topliss-reactive ketones (excluding diaryl/α,β-unsaturated/α-hetero) is 1. The monoisotopic (exact) mass is 386 g/mol. The average molecular weight is 387 g/mol. The van der Waals surface area contributed by atoms with Gasteiger partial charge in [-0.15, -0.1) is 0 Å². The van der Waals surface area contributed by atoms with Crippen molar-refractivity contribution in [3.8, 4) is 11.5 Å². The molecule has 0 saturated heterocycles. The molecule has 0 bridgehead atoms. The number of benzene rings is 1. The van der Waals surface area contributed by atoms with Gasteiger partial charge in [0.05, 0.1) is 0 Å². The molecule has 0 fully saturated rings. The zero-order valence-electron chi connectivity index (χ0n) is 19.8. The van der Waals surface area contributed by atoms with Gasteiger partial charge in [-0.05, 0) is 33.2 Å². The highest BCUT2D eigenvalue weighted by atomic mass is 16.5. The minimum atomic E-state index is -0.00228. The molecule has 27 heavy (non-hydrogen) atoms. The van der Waals surface area contributed by atoms with Gasteiger partial charge in [0.15, 0.2) is 5.78 Å². The largest absolute Gasteiger partial charge is 0.492 e. The van der Waals surface area contributed by atoms with Gasteiger partial charge in [0.25, 0.3) is 0 Å². The van der Waals surface area contributed by atoms with E-state index in [2.05, 4.69) is 10.6 Å². The molecular weight excluding hydrogens is 340 g/mol. The van der Waals surface area contributed by atoms with Crippen molar-refractivity contribution >= 4 is 5.78 Å². The fourth-order valence-electron chi connectivity index (χ4n) is 1.48. The Kier molecular flexibility index (Phi) is 35.7. The summed E-state index contributed by atoms with van der Waals surface area (Å²) in [5.74, 6) is 1.31. The summed E-state index contributed by atoms with van der Waals surface area (Å²) in [5.41, 5.74) is 0.599. The molecule has 0 aliphatic carbocycles. The molecule has 5 nitrogen and oxygen atoms in total. The van der Waals surface area contributed by atoms with Gasteiger partial charge in [0.2, 0.25) is 0 Å². The SMILES string of the molecule is CC.CC.CC.CC.CNCCOc1cc(OCCNC)cc(C(C)=O)c1. The number of likely N-dealkylation sites (N-methyl/N-ethyl adjacent to an activating group) is 2. The number of carbonyl (C=O) groups excluding carboxylic acids is 1. The number of ketones is 1. The first-order chi connectivity index (χ1) is 13.2. The van der Waals surface area contributed by atoms with Gasteiger partial charge < -0.3 is 20.1 Å². The first-order valence-electron chi connectivity index (χ1n) is 10.4. The minimum absolute atomic E-state index is 0.00228. The molecule has 0 unspecified atom stereocenters. The third kappa shape index (κ3) is 20.6. The molecular formula is C22H46N2O3. The lowest BCUT2D eigenvalue weighted by atomic mass is 10.1. The van der Waals surface area contributed by atoms with E-state index < -0.39 is 0 Å². The Morgan fingerprint density at radius 2 is 1.07 bits per heavy atom. The highest BCUT2D eigenvalue weighted by Crippen LogP contribution is 2.23. The Morgan fingerprint density at radius 1 is 0.741 bits per heavy atom. The van der Waals surface area contributed by atoms with Crippen LogP contribution in [0.5, 0.6) is 11.5 Å². The van der Waals surface area contributed by atoms with E-state index in [1.807, 2.05) is 69.5 Å². The molecule has 1 aromatic carbocycles. The number of nitrogens with one attached hydrogen (secondary N) is 2. The Morgan fingerprint density at radius 3 is 1.33 bits per heavy atom. The lowest BCUT2D eigenvalue weighted by Crippen LogP contribution is -2.17. The fraction of sp³-hybridized carbons (Fsp3) is 0.682. The number of rotatable bonds is 9. The van der Waals surface area contributed by atoms with Crippen LogP contribution >= 0.6 is 0 Å². The Bertz CT molecular complexity index is 382. The van der Waals surface area contributed by atoms with Crippen molar-refractivity contribution in [2.45, 2.75) is 62.3 Å². The van der Waals surface area contributed by atoms with Gasteiger partial charge in [-0.25, -0.2) is 0 Å². The van der Waals surface area contributed by atoms with Gasteiger partial charge in [-0.2, -0.15) is 0 Å². The summed E-state index contributed by atoms with van der Waals surface area (Å²) >= 11 is 0. The van der Waals surface area contributed by atoms with E-state index in [-0.39, 0.29) is 5.78 Å². The molecule has 162 valence electrons. The molecule has 0 spiro atoms. The van der Waals surface area contributed by atoms with E-state index in [0.29, 0.717) is 30.3 Å². The Balaban J connectivity index is -0.000000292. The van der Waals surface area contributed by atoms with Crippen molar-refractivity contribution in [3.05, 3.63) is 23.8 Å². The molecule has 0 atom stereocenters. The third-order valence-electron chi connectivity index (χ3n) is 2.53. The molecule has 0 amide bonds. The van der Waals surface area contributed by atoms with E-state index in [1.165, 1.54) is 6.92 Å². The Labute approximate surface area is 169 Å². The zero-order valence-corrected chi connectivity index (χ0v) is 19.8. The number of ether oxygens (including phenoxy) is 2. The molecule has 0 radical (unpaired) electrons. The topological polar surface area (TPSA) is 59.6 Å². The maximum Gasteiger partial charge on any atom is 0.160 e. The summed E-state index contributed by atoms with van der Waals surface area (Å²) in [6.45, 7) is 20.1. The summed E-state index contributed by atoms with van der Waals surface area (Å²) < 4.78 is 11.1. The minimum Gasteiger partial charge on any atom is -0.492 e. The summed E-state index contributed by atoms with van der Waals surface area (Å²) in [4.78, 5) is 11.5. The van der Waals surface area contributed by atoms with Crippen molar-refractivity contribution in [1.82, 2.24) is 10.6 Å². The lowest BCUT2D eigenvalue weighted by Gasteiger charge is -2.11. The molecule has 0 saturated carbocycles. The van der Waals surface area contributed by atoms with Crippen LogP contribution in [-0.2, 0) is 0 Å². The van der Waals surface area contributed by atoms with Crippen LogP contribution in [-0.4, -0.2) is 46.2 Å². The predicted molar refractivity (Wildman–Crippen MR) is 121 cm³/mol. The van der Waals surface area contributed by atoms with Crippen LogP contribution in [0.2, 0.25) is 0 Å². The smallest absolute Gasteiger partial charge is 0.160 e. The van der Waals surface area contributed by atoms with Crippen LogP contribution in [0.1, 0.15) is 72.7 Å². The average Bonchev–Trinajstić information content (AvgIpc) is 2.74. The maximum atomic E-state index is 11.5. The van der Waals surface area contributed by atoms with Gasteiger partial charge in [-0.1, -0.05) is 55.4 Å². The van der Waals surface area contributed by atoms with Crippen LogP contribution in [0.25, 0.3) is 0 Å². The first-order valence-corrected chi connectivity index (χ1v) is 10.4. The number of hydrogen-bond donors (Lipinski definition) is 2. The molecule has 1 rings (SSSR count). The van der Waals surface area contributed by atoms with Crippen molar-refractivity contribution in [1.29, 1.82) is 0 Å². The molecule has 0 aromatic heterocycles. The second-order valence-electron chi connectivity index (χ2n) is 4.15. The Hall–Kier alpha value is -1.59. The van der Waals surface area contributed by atoms with Gasteiger partial charge >= 0.3 is 0 Å². The van der Waals surface area contributed by atoms with Crippen molar-refractivity contribution in [2.24, 2.45) is 0 Å². The molecule has 2 N–H and O–H groups in total. The van der Waals surface area contributed by atoms with Crippen LogP contribution in [0.4, 0.5) is 0 Å². The zero-order chi connectivity index (χ0) is 22.1. The van der Waals surface area contributed by atoms with Crippen molar-refractivity contribution in [3.63, 3.8) is 0 Å².